The molecule has 0 radical (unpaired) electrons. The highest BCUT2D eigenvalue weighted by Gasteiger charge is 2.14. The summed E-state index contributed by atoms with van der Waals surface area (Å²) < 4.78 is 4.51. The maximum atomic E-state index is 11.2. The number of para-hydroxylation sites is 1. The number of amides is 1. The van der Waals surface area contributed by atoms with Gasteiger partial charge >= 0.3 is 11.9 Å². The zero-order chi connectivity index (χ0) is 12.0. The molecular weight excluding hydrogens is 210 g/mol. The van der Waals surface area contributed by atoms with Crippen molar-refractivity contribution >= 4 is 11.9 Å². The van der Waals surface area contributed by atoms with Crippen molar-refractivity contribution in [2.75, 3.05) is 6.61 Å². The molecular formula is C11H13NO4. The Balaban J connectivity index is 2.49. The molecule has 0 spiro atoms. The van der Waals surface area contributed by atoms with Crippen molar-refractivity contribution in [2.45, 2.75) is 13.5 Å². The second-order valence-corrected chi connectivity index (χ2v) is 3.03. The zero-order valence-corrected chi connectivity index (χ0v) is 8.90. The first kappa shape index (κ1) is 12.0. The third kappa shape index (κ3) is 3.27. The van der Waals surface area contributed by atoms with Crippen molar-refractivity contribution in [3.05, 3.63) is 29.8 Å². The number of nitrogens with one attached hydrogen (secondary N) is 1. The number of carbonyl (C=O) groups excluding carboxylic acids is 2. The van der Waals surface area contributed by atoms with Gasteiger partial charge in [0.1, 0.15) is 5.75 Å². The number of ether oxygens (including phenoxy) is 1. The fourth-order valence-electron chi connectivity index (χ4n) is 1.10. The standard InChI is InChI=1S/C11H13NO4/c1-2-16-11(15)10(14)12-7-8-5-3-4-6-9(8)13/h3-6,13H,2,7H2,1H3,(H,12,14). The second-order valence-electron chi connectivity index (χ2n) is 3.03. The molecule has 0 fully saturated rings. The van der Waals surface area contributed by atoms with Crippen molar-refractivity contribution in [3.63, 3.8) is 0 Å². The average Bonchev–Trinajstić information content (AvgIpc) is 2.28. The molecule has 0 bridgehead atoms. The largest absolute Gasteiger partial charge is 0.508 e. The number of hydrogen-bond donors (Lipinski definition) is 2. The van der Waals surface area contributed by atoms with Crippen LogP contribution in [0.5, 0.6) is 5.75 Å². The van der Waals surface area contributed by atoms with E-state index in [0.29, 0.717) is 5.56 Å². The molecule has 2 N–H and O–H groups in total. The monoisotopic (exact) mass is 223 g/mol. The van der Waals surface area contributed by atoms with Crippen LogP contribution in [0.25, 0.3) is 0 Å². The van der Waals surface area contributed by atoms with E-state index >= 15 is 0 Å². The summed E-state index contributed by atoms with van der Waals surface area (Å²) in [7, 11) is 0. The normalized spacial score (nSPS) is 9.56. The van der Waals surface area contributed by atoms with Crippen molar-refractivity contribution in [1.29, 1.82) is 0 Å². The molecule has 0 aliphatic heterocycles. The molecule has 1 amide bonds. The van der Waals surface area contributed by atoms with Crippen LogP contribution in [0.15, 0.2) is 24.3 Å². The minimum Gasteiger partial charge on any atom is -0.508 e. The van der Waals surface area contributed by atoms with E-state index in [1.807, 2.05) is 0 Å². The predicted molar refractivity (Wildman–Crippen MR) is 56.6 cm³/mol. The van der Waals surface area contributed by atoms with Crippen LogP contribution in [0.4, 0.5) is 0 Å². The highest BCUT2D eigenvalue weighted by molar-refractivity contribution is 6.32. The van der Waals surface area contributed by atoms with Crippen LogP contribution in [-0.2, 0) is 20.9 Å². The maximum Gasteiger partial charge on any atom is 0.396 e. The Kier molecular flexibility index (Phi) is 4.32. The lowest BCUT2D eigenvalue weighted by Gasteiger charge is -2.06. The van der Waals surface area contributed by atoms with Gasteiger partial charge in [0.15, 0.2) is 0 Å². The molecule has 1 aromatic rings. The van der Waals surface area contributed by atoms with Crippen LogP contribution >= 0.6 is 0 Å². The summed E-state index contributed by atoms with van der Waals surface area (Å²) in [4.78, 5) is 22.1. The van der Waals surface area contributed by atoms with Gasteiger partial charge in [-0.2, -0.15) is 0 Å². The molecule has 1 aromatic carbocycles. The lowest BCUT2D eigenvalue weighted by Crippen LogP contribution is -2.32. The third-order valence-electron chi connectivity index (χ3n) is 1.89. The number of benzene rings is 1. The Morgan fingerprint density at radius 3 is 2.69 bits per heavy atom. The van der Waals surface area contributed by atoms with Gasteiger partial charge in [0.25, 0.3) is 0 Å². The molecule has 5 heteroatoms. The first-order valence-corrected chi connectivity index (χ1v) is 4.87. The first-order valence-electron chi connectivity index (χ1n) is 4.87. The molecule has 0 aliphatic carbocycles. The third-order valence-corrected chi connectivity index (χ3v) is 1.89. The Labute approximate surface area is 93.0 Å². The molecule has 0 heterocycles. The Morgan fingerprint density at radius 1 is 1.38 bits per heavy atom. The lowest BCUT2D eigenvalue weighted by molar-refractivity contribution is -0.154. The van der Waals surface area contributed by atoms with E-state index in [4.69, 9.17) is 0 Å². The summed E-state index contributed by atoms with van der Waals surface area (Å²) >= 11 is 0. The van der Waals surface area contributed by atoms with Gasteiger partial charge in [0.2, 0.25) is 0 Å². The molecule has 86 valence electrons. The molecule has 0 aliphatic rings. The van der Waals surface area contributed by atoms with Gasteiger partial charge in [-0.25, -0.2) is 4.79 Å². The minimum atomic E-state index is -0.919. The van der Waals surface area contributed by atoms with Gasteiger partial charge in [0, 0.05) is 12.1 Å². The van der Waals surface area contributed by atoms with E-state index in [1.165, 1.54) is 6.07 Å². The van der Waals surface area contributed by atoms with Gasteiger partial charge in [0.05, 0.1) is 6.61 Å². The Morgan fingerprint density at radius 2 is 2.06 bits per heavy atom. The molecule has 0 saturated heterocycles. The zero-order valence-electron chi connectivity index (χ0n) is 8.90. The van der Waals surface area contributed by atoms with Gasteiger partial charge in [-0.3, -0.25) is 4.79 Å². The summed E-state index contributed by atoms with van der Waals surface area (Å²) in [6.07, 6.45) is 0. The lowest BCUT2D eigenvalue weighted by atomic mass is 10.2. The fourth-order valence-corrected chi connectivity index (χ4v) is 1.10. The van der Waals surface area contributed by atoms with E-state index in [1.54, 1.807) is 25.1 Å². The first-order chi connectivity index (χ1) is 7.65. The van der Waals surface area contributed by atoms with Crippen molar-refractivity contribution in [1.82, 2.24) is 5.32 Å². The molecule has 1 rings (SSSR count). The topological polar surface area (TPSA) is 75.6 Å². The highest BCUT2D eigenvalue weighted by atomic mass is 16.5. The number of phenols is 1. The number of aromatic hydroxyl groups is 1. The van der Waals surface area contributed by atoms with E-state index in [2.05, 4.69) is 10.1 Å². The van der Waals surface area contributed by atoms with Crippen LogP contribution in [0.3, 0.4) is 0 Å². The number of esters is 1. The summed E-state index contributed by atoms with van der Waals surface area (Å²) in [5.74, 6) is -1.66. The van der Waals surface area contributed by atoms with Crippen LogP contribution in [0, 0.1) is 0 Å². The SMILES string of the molecule is CCOC(=O)C(=O)NCc1ccccc1O. The number of phenolic OH excluding ortho intramolecular Hbond substituents is 1. The van der Waals surface area contributed by atoms with Crippen molar-refractivity contribution in [3.8, 4) is 5.75 Å². The molecule has 5 nitrogen and oxygen atoms in total. The van der Waals surface area contributed by atoms with Gasteiger partial charge in [-0.05, 0) is 13.0 Å². The number of hydrogen-bond acceptors (Lipinski definition) is 4. The van der Waals surface area contributed by atoms with Crippen LogP contribution in [0.2, 0.25) is 0 Å². The minimum absolute atomic E-state index is 0.0756. The van der Waals surface area contributed by atoms with E-state index in [9.17, 15) is 14.7 Å². The summed E-state index contributed by atoms with van der Waals surface area (Å²) in [6.45, 7) is 1.86. The fraction of sp³-hybridized carbons (Fsp3) is 0.273. The van der Waals surface area contributed by atoms with Crippen LogP contribution in [0.1, 0.15) is 12.5 Å². The Hall–Kier alpha value is -2.04. The van der Waals surface area contributed by atoms with E-state index in [-0.39, 0.29) is 18.9 Å². The van der Waals surface area contributed by atoms with Gasteiger partial charge < -0.3 is 15.2 Å². The number of carbonyl (C=O) groups is 2. The predicted octanol–water partition coefficient (Wildman–Crippen LogP) is 0.571. The molecule has 0 aromatic heterocycles. The van der Waals surface area contributed by atoms with Crippen LogP contribution < -0.4 is 5.32 Å². The summed E-state index contributed by atoms with van der Waals surface area (Å²) in [6, 6.07) is 6.56. The highest BCUT2D eigenvalue weighted by Crippen LogP contribution is 2.14. The molecule has 0 atom stereocenters. The summed E-state index contributed by atoms with van der Waals surface area (Å²) in [5.41, 5.74) is 0.542. The van der Waals surface area contributed by atoms with Crippen molar-refractivity contribution in [2.24, 2.45) is 0 Å². The quantitative estimate of drug-likeness (QED) is 0.580. The maximum absolute atomic E-state index is 11.2. The molecule has 0 unspecified atom stereocenters. The van der Waals surface area contributed by atoms with Gasteiger partial charge in [-0.15, -0.1) is 0 Å². The van der Waals surface area contributed by atoms with Gasteiger partial charge in [-0.1, -0.05) is 18.2 Å². The van der Waals surface area contributed by atoms with Crippen LogP contribution in [-0.4, -0.2) is 23.6 Å². The van der Waals surface area contributed by atoms with E-state index in [0.717, 1.165) is 0 Å². The Bertz CT molecular complexity index is 389. The average molecular weight is 223 g/mol. The second kappa shape index (κ2) is 5.75. The smallest absolute Gasteiger partial charge is 0.396 e. The summed E-state index contributed by atoms with van der Waals surface area (Å²) in [5, 5.41) is 11.7. The number of rotatable bonds is 3. The molecule has 16 heavy (non-hydrogen) atoms. The van der Waals surface area contributed by atoms with Crippen molar-refractivity contribution < 1.29 is 19.4 Å². The molecule has 0 saturated carbocycles. The van der Waals surface area contributed by atoms with E-state index < -0.39 is 11.9 Å².